The Morgan fingerprint density at radius 2 is 1.79 bits per heavy atom. The van der Waals surface area contributed by atoms with Crippen LogP contribution in [0.4, 0.5) is 8.78 Å². The van der Waals surface area contributed by atoms with Gasteiger partial charge in [-0.2, -0.15) is 4.98 Å². The summed E-state index contributed by atoms with van der Waals surface area (Å²) >= 11 is 6.44. The Kier molecular flexibility index (Phi) is 7.67. The van der Waals surface area contributed by atoms with Crippen molar-refractivity contribution in [1.82, 2.24) is 19.5 Å². The van der Waals surface area contributed by atoms with Gasteiger partial charge in [-0.05, 0) is 12.1 Å². The average Bonchev–Trinajstić information content (AvgIpc) is 3.23. The molecule has 0 bridgehead atoms. The molecule has 0 spiro atoms. The summed E-state index contributed by atoms with van der Waals surface area (Å²) in [6, 6.07) is 4.47. The topological polar surface area (TPSA) is 155 Å². The first-order chi connectivity index (χ1) is 18.5. The summed E-state index contributed by atoms with van der Waals surface area (Å²) in [5.41, 5.74) is -1.06. The maximum atomic E-state index is 14.5. The van der Waals surface area contributed by atoms with Crippen LogP contribution in [0.5, 0.6) is 23.1 Å². The highest BCUT2D eigenvalue weighted by atomic mass is 35.5. The van der Waals surface area contributed by atoms with E-state index in [-0.39, 0.29) is 56.4 Å². The van der Waals surface area contributed by atoms with Crippen molar-refractivity contribution >= 4 is 34.5 Å². The normalized spacial score (nSPS) is 10.9. The van der Waals surface area contributed by atoms with E-state index in [1.165, 1.54) is 39.3 Å². The van der Waals surface area contributed by atoms with Crippen LogP contribution in [0.2, 0.25) is 5.02 Å². The fraction of sp³-hybridized carbons (Fsp3) is 0.208. The fourth-order valence-electron chi connectivity index (χ4n) is 3.60. The molecule has 4 rings (SSSR count). The summed E-state index contributed by atoms with van der Waals surface area (Å²) in [6.07, 6.45) is 0. The second-order valence-corrected chi connectivity index (χ2v) is 8.25. The molecule has 0 aliphatic carbocycles. The number of benzene rings is 2. The molecule has 39 heavy (non-hydrogen) atoms. The molecule has 0 radical (unpaired) electrons. The number of halogens is 3. The lowest BCUT2D eigenvalue weighted by molar-refractivity contribution is -0.139. The van der Waals surface area contributed by atoms with E-state index in [9.17, 15) is 23.2 Å². The Morgan fingerprint density at radius 3 is 2.44 bits per heavy atom. The first-order valence-corrected chi connectivity index (χ1v) is 11.3. The lowest BCUT2D eigenvalue weighted by Crippen LogP contribution is -2.17. The number of carboxylic acids is 1. The number of ether oxygens (including phenoxy) is 4. The average molecular weight is 565 g/mol. The van der Waals surface area contributed by atoms with E-state index in [1.54, 1.807) is 0 Å². The smallest absolute Gasteiger partial charge is 0.341 e. The van der Waals surface area contributed by atoms with E-state index in [1.807, 2.05) is 0 Å². The third kappa shape index (κ3) is 5.31. The number of aromatic nitrogens is 4. The van der Waals surface area contributed by atoms with Crippen molar-refractivity contribution < 1.29 is 42.4 Å². The molecular formula is C24H19ClF2N4O8. The van der Waals surface area contributed by atoms with Crippen molar-refractivity contribution in [3.63, 3.8) is 0 Å². The monoisotopic (exact) mass is 564 g/mol. The molecule has 0 aliphatic rings. The number of carboxylic acid groups (broad SMARTS) is 1. The third-order valence-electron chi connectivity index (χ3n) is 5.36. The standard InChI is InChI=1S/C24H19ClF2N4O8/c1-10(32)21-29-22-20(23(30-21)37-3)28-24(35)31(22)14-7-17(16(6-12(14)25)39-9-18(33)34)38-8-11-15(36-2)5-4-13(26)19(11)27/h4-7H,8-9H2,1-3H3,(H,28,35)(H,33,34). The summed E-state index contributed by atoms with van der Waals surface area (Å²) in [5, 5.41) is 8.94. The molecule has 12 nitrogen and oxygen atoms in total. The molecule has 204 valence electrons. The summed E-state index contributed by atoms with van der Waals surface area (Å²) in [5.74, 6) is -4.87. The number of aliphatic carboxylic acids is 1. The molecule has 2 N–H and O–H groups in total. The molecule has 2 heterocycles. The number of hydrogen-bond acceptors (Lipinski definition) is 9. The number of carbonyl (C=O) groups is 2. The number of nitrogens with zero attached hydrogens (tertiary/aromatic N) is 3. The molecule has 0 amide bonds. The second kappa shape index (κ2) is 10.9. The Bertz CT molecular complexity index is 1670. The number of carbonyl (C=O) groups excluding carboxylic acids is 1. The first-order valence-electron chi connectivity index (χ1n) is 11.0. The molecule has 15 heteroatoms. The lowest BCUT2D eigenvalue weighted by atomic mass is 10.2. The molecular weight excluding hydrogens is 546 g/mol. The van der Waals surface area contributed by atoms with E-state index < -0.39 is 42.3 Å². The number of H-pyrrole nitrogens is 1. The van der Waals surface area contributed by atoms with Crippen molar-refractivity contribution in [2.75, 3.05) is 20.8 Å². The molecule has 0 atom stereocenters. The summed E-state index contributed by atoms with van der Waals surface area (Å²) in [7, 11) is 2.54. The number of nitrogens with one attached hydrogen (secondary N) is 1. The van der Waals surface area contributed by atoms with E-state index in [2.05, 4.69) is 15.0 Å². The van der Waals surface area contributed by atoms with Crippen LogP contribution in [-0.2, 0) is 11.4 Å². The van der Waals surface area contributed by atoms with Crippen molar-refractivity contribution in [3.05, 3.63) is 62.8 Å². The zero-order chi connectivity index (χ0) is 28.4. The quantitative estimate of drug-likeness (QED) is 0.274. The highest BCUT2D eigenvalue weighted by Crippen LogP contribution is 2.37. The van der Waals surface area contributed by atoms with Crippen LogP contribution in [-0.4, -0.2) is 57.2 Å². The molecule has 0 unspecified atom stereocenters. The van der Waals surface area contributed by atoms with Crippen LogP contribution < -0.4 is 24.6 Å². The van der Waals surface area contributed by atoms with Gasteiger partial charge < -0.3 is 24.1 Å². The number of hydrogen-bond donors (Lipinski definition) is 2. The van der Waals surface area contributed by atoms with Gasteiger partial charge in [0.05, 0.1) is 30.5 Å². The Morgan fingerprint density at radius 1 is 1.08 bits per heavy atom. The third-order valence-corrected chi connectivity index (χ3v) is 5.66. The van der Waals surface area contributed by atoms with E-state index in [0.717, 1.165) is 10.6 Å². The minimum atomic E-state index is -1.31. The van der Waals surface area contributed by atoms with Gasteiger partial charge in [-0.3, -0.25) is 9.78 Å². The number of imidazole rings is 1. The van der Waals surface area contributed by atoms with Crippen LogP contribution >= 0.6 is 11.6 Å². The van der Waals surface area contributed by atoms with Crippen molar-refractivity contribution in [2.45, 2.75) is 13.5 Å². The highest BCUT2D eigenvalue weighted by Gasteiger charge is 2.23. The van der Waals surface area contributed by atoms with Gasteiger partial charge in [-0.15, -0.1) is 0 Å². The maximum absolute atomic E-state index is 14.5. The summed E-state index contributed by atoms with van der Waals surface area (Å²) < 4.78 is 50.6. The summed E-state index contributed by atoms with van der Waals surface area (Å²) in [4.78, 5) is 46.7. The lowest BCUT2D eigenvalue weighted by Gasteiger charge is -2.16. The number of aromatic amines is 1. The maximum Gasteiger partial charge on any atom is 0.341 e. The molecule has 2 aromatic carbocycles. The Balaban J connectivity index is 1.88. The molecule has 0 saturated heterocycles. The van der Waals surface area contributed by atoms with E-state index >= 15 is 0 Å². The van der Waals surface area contributed by atoms with Gasteiger partial charge in [0.25, 0.3) is 0 Å². The summed E-state index contributed by atoms with van der Waals surface area (Å²) in [6.45, 7) is -0.142. The van der Waals surface area contributed by atoms with E-state index in [0.29, 0.717) is 0 Å². The van der Waals surface area contributed by atoms with Gasteiger partial charge >= 0.3 is 11.7 Å². The largest absolute Gasteiger partial charge is 0.496 e. The van der Waals surface area contributed by atoms with Crippen LogP contribution in [0.25, 0.3) is 16.9 Å². The Hall–Kier alpha value is -4.72. The first kappa shape index (κ1) is 27.3. The van der Waals surface area contributed by atoms with Crippen molar-refractivity contribution in [3.8, 4) is 28.8 Å². The van der Waals surface area contributed by atoms with Gasteiger partial charge in [0.2, 0.25) is 11.7 Å². The Labute approximate surface area is 222 Å². The fourth-order valence-corrected chi connectivity index (χ4v) is 3.84. The predicted octanol–water partition coefficient (Wildman–Crippen LogP) is 3.30. The minimum Gasteiger partial charge on any atom is -0.496 e. The van der Waals surface area contributed by atoms with Gasteiger partial charge in [-0.25, -0.2) is 27.9 Å². The molecule has 0 saturated carbocycles. The van der Waals surface area contributed by atoms with Gasteiger partial charge in [0.15, 0.2) is 41.2 Å². The zero-order valence-electron chi connectivity index (χ0n) is 20.5. The SMILES string of the molecule is COc1ccc(F)c(F)c1COc1cc(-n2c(=O)[nH]c3c(OC)nc(C(C)=O)nc32)c(Cl)cc1OCC(=O)O. The number of Topliss-reactive ketones (excluding diaryl/α,β-unsaturated/α-hetero) is 1. The second-order valence-electron chi connectivity index (χ2n) is 7.84. The number of fused-ring (bicyclic) bond motifs is 1. The van der Waals surface area contributed by atoms with Crippen LogP contribution in [0.15, 0.2) is 29.1 Å². The molecule has 4 aromatic rings. The minimum absolute atomic E-state index is 0.00973. The zero-order valence-corrected chi connectivity index (χ0v) is 21.3. The van der Waals surface area contributed by atoms with Crippen molar-refractivity contribution in [1.29, 1.82) is 0 Å². The molecule has 0 fully saturated rings. The van der Waals surface area contributed by atoms with Crippen LogP contribution in [0.1, 0.15) is 23.1 Å². The predicted molar refractivity (Wildman–Crippen MR) is 131 cm³/mol. The van der Waals surface area contributed by atoms with Gasteiger partial charge in [-0.1, -0.05) is 11.6 Å². The number of methoxy groups -OCH3 is 2. The van der Waals surface area contributed by atoms with Crippen LogP contribution in [0, 0.1) is 11.6 Å². The molecule has 2 aromatic heterocycles. The number of ketones is 1. The number of rotatable bonds is 10. The van der Waals surface area contributed by atoms with Gasteiger partial charge in [0, 0.05) is 19.1 Å². The van der Waals surface area contributed by atoms with Gasteiger partial charge in [0.1, 0.15) is 17.9 Å². The van der Waals surface area contributed by atoms with E-state index in [4.69, 9.17) is 35.7 Å². The van der Waals surface area contributed by atoms with Crippen LogP contribution in [0.3, 0.4) is 0 Å². The highest BCUT2D eigenvalue weighted by molar-refractivity contribution is 6.32. The molecule has 0 aliphatic heterocycles. The van der Waals surface area contributed by atoms with Crippen molar-refractivity contribution in [2.24, 2.45) is 0 Å².